The van der Waals surface area contributed by atoms with Crippen LogP contribution in [-0.4, -0.2) is 9.91 Å². The fourth-order valence-corrected chi connectivity index (χ4v) is 0.661. The van der Waals surface area contributed by atoms with Gasteiger partial charge in [0.25, 0.3) is 0 Å². The summed E-state index contributed by atoms with van der Waals surface area (Å²) in [6.45, 7) is 1.61. The van der Waals surface area contributed by atoms with E-state index in [1.807, 2.05) is 0 Å². The molecule has 0 aliphatic carbocycles. The van der Waals surface area contributed by atoms with Gasteiger partial charge < -0.3 is 10.1 Å². The SMILES string of the molecule is Cc1cnc([N+](=O)[O-])c(F)c1. The lowest BCUT2D eigenvalue weighted by atomic mass is 10.3. The number of aryl methyl sites for hydroxylation is 1. The van der Waals surface area contributed by atoms with Crippen LogP contribution in [0.2, 0.25) is 0 Å². The van der Waals surface area contributed by atoms with Gasteiger partial charge in [0, 0.05) is 0 Å². The monoisotopic (exact) mass is 156 g/mol. The highest BCUT2D eigenvalue weighted by atomic mass is 19.1. The standard InChI is InChI=1S/C6H5FN2O2/c1-4-2-5(7)6(8-3-4)9(10)11/h2-3H,1H3. The van der Waals surface area contributed by atoms with Crippen molar-refractivity contribution in [2.45, 2.75) is 6.92 Å². The molecule has 0 radical (unpaired) electrons. The van der Waals surface area contributed by atoms with Gasteiger partial charge in [0.15, 0.2) is 0 Å². The number of halogens is 1. The Morgan fingerprint density at radius 3 is 2.82 bits per heavy atom. The van der Waals surface area contributed by atoms with E-state index < -0.39 is 16.6 Å². The Kier molecular flexibility index (Phi) is 1.80. The Bertz CT molecular complexity index is 301. The Balaban J connectivity index is 3.20. The summed E-state index contributed by atoms with van der Waals surface area (Å²) in [7, 11) is 0. The van der Waals surface area contributed by atoms with Crippen LogP contribution in [0.5, 0.6) is 0 Å². The van der Waals surface area contributed by atoms with E-state index in [1.165, 1.54) is 6.20 Å². The van der Waals surface area contributed by atoms with Crippen molar-refractivity contribution in [3.05, 3.63) is 33.8 Å². The lowest BCUT2D eigenvalue weighted by Crippen LogP contribution is -1.95. The smallest absolute Gasteiger partial charge is 0.358 e. The van der Waals surface area contributed by atoms with E-state index in [9.17, 15) is 14.5 Å². The zero-order valence-corrected chi connectivity index (χ0v) is 5.74. The van der Waals surface area contributed by atoms with E-state index in [-0.39, 0.29) is 0 Å². The van der Waals surface area contributed by atoms with Crippen LogP contribution >= 0.6 is 0 Å². The third kappa shape index (κ3) is 1.49. The molecule has 0 saturated carbocycles. The van der Waals surface area contributed by atoms with Crippen molar-refractivity contribution in [2.75, 3.05) is 0 Å². The molecule has 58 valence electrons. The maximum atomic E-state index is 12.6. The number of pyridine rings is 1. The van der Waals surface area contributed by atoms with E-state index in [1.54, 1.807) is 6.92 Å². The fraction of sp³-hybridized carbons (Fsp3) is 0.167. The average Bonchev–Trinajstić information content (AvgIpc) is 1.85. The van der Waals surface area contributed by atoms with Crippen molar-refractivity contribution in [2.24, 2.45) is 0 Å². The first-order valence-electron chi connectivity index (χ1n) is 2.88. The van der Waals surface area contributed by atoms with E-state index in [4.69, 9.17) is 0 Å². The second-order valence-electron chi connectivity index (χ2n) is 2.08. The van der Waals surface area contributed by atoms with Gasteiger partial charge in [-0.05, 0) is 28.5 Å². The molecule has 0 saturated heterocycles. The van der Waals surface area contributed by atoms with Crippen molar-refractivity contribution in [3.8, 4) is 0 Å². The van der Waals surface area contributed by atoms with Crippen LogP contribution in [0.25, 0.3) is 0 Å². The molecule has 11 heavy (non-hydrogen) atoms. The van der Waals surface area contributed by atoms with Crippen molar-refractivity contribution in [3.63, 3.8) is 0 Å². The molecule has 0 N–H and O–H groups in total. The summed E-state index contributed by atoms with van der Waals surface area (Å²) in [5, 5.41) is 10.0. The first kappa shape index (κ1) is 7.59. The molecule has 1 rings (SSSR count). The molecule has 1 aromatic rings. The Morgan fingerprint density at radius 2 is 2.36 bits per heavy atom. The first-order valence-corrected chi connectivity index (χ1v) is 2.88. The van der Waals surface area contributed by atoms with Crippen LogP contribution in [0.1, 0.15) is 5.56 Å². The van der Waals surface area contributed by atoms with Crippen molar-refractivity contribution in [1.29, 1.82) is 0 Å². The predicted octanol–water partition coefficient (Wildman–Crippen LogP) is 1.44. The molecule has 0 unspecified atom stereocenters. The highest BCUT2D eigenvalue weighted by Gasteiger charge is 2.14. The number of nitrogens with zero attached hydrogens (tertiary/aromatic N) is 2. The van der Waals surface area contributed by atoms with Gasteiger partial charge in [0.05, 0.1) is 0 Å². The highest BCUT2D eigenvalue weighted by molar-refractivity contribution is 5.24. The molecular formula is C6H5FN2O2. The number of rotatable bonds is 1. The van der Waals surface area contributed by atoms with Crippen molar-refractivity contribution < 1.29 is 9.31 Å². The maximum absolute atomic E-state index is 12.6. The minimum absolute atomic E-state index is 0.563. The van der Waals surface area contributed by atoms with Crippen LogP contribution < -0.4 is 0 Å². The molecule has 0 aliphatic rings. The van der Waals surface area contributed by atoms with E-state index in [0.717, 1.165) is 6.07 Å². The van der Waals surface area contributed by atoms with Gasteiger partial charge in [-0.25, -0.2) is 0 Å². The quantitative estimate of drug-likeness (QED) is 0.456. The van der Waals surface area contributed by atoms with Crippen LogP contribution in [0.3, 0.4) is 0 Å². The number of nitro groups is 1. The molecular weight excluding hydrogens is 151 g/mol. The van der Waals surface area contributed by atoms with Gasteiger partial charge >= 0.3 is 5.82 Å². The van der Waals surface area contributed by atoms with E-state index in [2.05, 4.69) is 4.98 Å². The zero-order chi connectivity index (χ0) is 8.43. The third-order valence-corrected chi connectivity index (χ3v) is 1.13. The number of aromatic nitrogens is 1. The molecule has 1 aromatic heterocycles. The molecule has 0 aliphatic heterocycles. The van der Waals surface area contributed by atoms with Gasteiger partial charge in [-0.1, -0.05) is 0 Å². The van der Waals surface area contributed by atoms with Gasteiger partial charge in [0.2, 0.25) is 5.82 Å². The third-order valence-electron chi connectivity index (χ3n) is 1.13. The van der Waals surface area contributed by atoms with Gasteiger partial charge in [-0.15, -0.1) is 0 Å². The van der Waals surface area contributed by atoms with Crippen LogP contribution in [0.4, 0.5) is 10.2 Å². The van der Waals surface area contributed by atoms with Gasteiger partial charge in [-0.3, -0.25) is 0 Å². The molecule has 1 heterocycles. The number of hydrogen-bond acceptors (Lipinski definition) is 3. The maximum Gasteiger partial charge on any atom is 0.399 e. The van der Waals surface area contributed by atoms with Gasteiger partial charge in [-0.2, -0.15) is 4.39 Å². The van der Waals surface area contributed by atoms with Crippen LogP contribution in [0.15, 0.2) is 12.3 Å². The minimum Gasteiger partial charge on any atom is -0.358 e. The Morgan fingerprint density at radius 1 is 1.73 bits per heavy atom. The Labute approximate surface area is 61.8 Å². The lowest BCUT2D eigenvalue weighted by molar-refractivity contribution is -0.392. The first-order chi connectivity index (χ1) is 5.11. The molecule has 5 heteroatoms. The molecule has 4 nitrogen and oxygen atoms in total. The van der Waals surface area contributed by atoms with Crippen LogP contribution in [-0.2, 0) is 0 Å². The largest absolute Gasteiger partial charge is 0.399 e. The molecule has 0 spiro atoms. The van der Waals surface area contributed by atoms with E-state index >= 15 is 0 Å². The summed E-state index contributed by atoms with van der Waals surface area (Å²) in [6, 6.07) is 1.07. The summed E-state index contributed by atoms with van der Waals surface area (Å²) < 4.78 is 12.6. The summed E-state index contributed by atoms with van der Waals surface area (Å²) in [5.74, 6) is -1.62. The lowest BCUT2D eigenvalue weighted by Gasteiger charge is -1.92. The normalized spacial score (nSPS) is 9.64. The summed E-state index contributed by atoms with van der Waals surface area (Å²) >= 11 is 0. The summed E-state index contributed by atoms with van der Waals surface area (Å²) in [4.78, 5) is 12.5. The van der Waals surface area contributed by atoms with Crippen molar-refractivity contribution >= 4 is 5.82 Å². The molecule has 0 bridgehead atoms. The molecule has 0 aromatic carbocycles. The molecule has 0 fully saturated rings. The van der Waals surface area contributed by atoms with Crippen LogP contribution in [0, 0.1) is 22.9 Å². The summed E-state index contributed by atoms with van der Waals surface area (Å²) in [6.07, 6.45) is 1.25. The summed E-state index contributed by atoms with van der Waals surface area (Å²) in [5.41, 5.74) is 0.563. The Hall–Kier alpha value is -1.52. The zero-order valence-electron chi connectivity index (χ0n) is 5.74. The van der Waals surface area contributed by atoms with Gasteiger partial charge in [0.1, 0.15) is 6.20 Å². The second kappa shape index (κ2) is 2.61. The predicted molar refractivity (Wildman–Crippen MR) is 35.6 cm³/mol. The second-order valence-corrected chi connectivity index (χ2v) is 2.08. The topological polar surface area (TPSA) is 56.0 Å². The minimum atomic E-state index is -0.894. The highest BCUT2D eigenvalue weighted by Crippen LogP contribution is 2.12. The fourth-order valence-electron chi connectivity index (χ4n) is 0.661. The van der Waals surface area contributed by atoms with Crippen molar-refractivity contribution in [1.82, 2.24) is 4.98 Å². The average molecular weight is 156 g/mol. The van der Waals surface area contributed by atoms with E-state index in [0.29, 0.717) is 5.56 Å². The number of hydrogen-bond donors (Lipinski definition) is 0. The molecule has 0 amide bonds. The molecule has 0 atom stereocenters.